The Morgan fingerprint density at radius 1 is 1.31 bits per heavy atom. The maximum absolute atomic E-state index is 4.64. The third-order valence-corrected chi connectivity index (χ3v) is 3.89. The molecule has 2 heterocycles. The maximum atomic E-state index is 4.64. The zero-order chi connectivity index (χ0) is 11.7. The van der Waals surface area contributed by atoms with Gasteiger partial charge in [0.15, 0.2) is 0 Å². The van der Waals surface area contributed by atoms with Crippen LogP contribution >= 0.6 is 0 Å². The lowest BCUT2D eigenvalue weighted by Crippen LogP contribution is -2.34. The summed E-state index contributed by atoms with van der Waals surface area (Å²) < 4.78 is 0. The Balaban J connectivity index is 2.33. The summed E-state index contributed by atoms with van der Waals surface area (Å²) in [6, 6.07) is 0. The van der Waals surface area contributed by atoms with Gasteiger partial charge in [0.05, 0.1) is 0 Å². The van der Waals surface area contributed by atoms with Gasteiger partial charge < -0.3 is 0 Å². The van der Waals surface area contributed by atoms with E-state index in [1.165, 1.54) is 18.6 Å². The molecule has 0 saturated carbocycles. The van der Waals surface area contributed by atoms with E-state index in [2.05, 4.69) is 35.7 Å². The summed E-state index contributed by atoms with van der Waals surface area (Å²) in [5.74, 6) is 3.75. The van der Waals surface area contributed by atoms with Gasteiger partial charge in [-0.15, -0.1) is 0 Å². The van der Waals surface area contributed by atoms with Crippen LogP contribution < -0.4 is 0 Å². The summed E-state index contributed by atoms with van der Waals surface area (Å²) in [5, 5.41) is 0. The summed E-state index contributed by atoms with van der Waals surface area (Å²) in [6.07, 6.45) is 3.53. The highest BCUT2D eigenvalue weighted by molar-refractivity contribution is 6.08. The van der Waals surface area contributed by atoms with Gasteiger partial charge in [0.1, 0.15) is 11.7 Å². The van der Waals surface area contributed by atoms with Gasteiger partial charge in [0, 0.05) is 24.6 Å². The normalized spacial score (nSPS) is 36.8. The Morgan fingerprint density at radius 3 is 2.69 bits per heavy atom. The third-order valence-electron chi connectivity index (χ3n) is 3.89. The van der Waals surface area contributed by atoms with Crippen molar-refractivity contribution in [3.05, 3.63) is 0 Å². The molecule has 3 atom stereocenters. The zero-order valence-corrected chi connectivity index (χ0v) is 10.7. The number of fused-ring (bicyclic) bond motifs is 1. The molecule has 16 heavy (non-hydrogen) atoms. The molecule has 0 aromatic carbocycles. The van der Waals surface area contributed by atoms with Crippen molar-refractivity contribution in [1.82, 2.24) is 0 Å². The minimum Gasteiger partial charge on any atom is -0.274 e. The van der Waals surface area contributed by atoms with Gasteiger partial charge in [0.25, 0.3) is 0 Å². The lowest BCUT2D eigenvalue weighted by Gasteiger charge is -2.32. The molecule has 0 spiro atoms. The largest absolute Gasteiger partial charge is 0.274 e. The van der Waals surface area contributed by atoms with Gasteiger partial charge in [-0.25, -0.2) is 9.98 Å². The molecule has 3 nitrogen and oxygen atoms in total. The average Bonchev–Trinajstić information content (AvgIpc) is 2.29. The predicted molar refractivity (Wildman–Crippen MR) is 69.6 cm³/mol. The van der Waals surface area contributed by atoms with E-state index >= 15 is 0 Å². The molecule has 0 N–H and O–H groups in total. The molecule has 0 aliphatic carbocycles. The van der Waals surface area contributed by atoms with Crippen LogP contribution in [0.4, 0.5) is 0 Å². The molecule has 2 rings (SSSR count). The second kappa shape index (κ2) is 4.48. The molecule has 2 aliphatic heterocycles. The second-order valence-electron chi connectivity index (χ2n) is 4.98. The Hall–Kier alpha value is -0.990. The van der Waals surface area contributed by atoms with Gasteiger partial charge in [-0.2, -0.15) is 0 Å². The number of rotatable bonds is 1. The van der Waals surface area contributed by atoms with Crippen molar-refractivity contribution >= 4 is 17.4 Å². The summed E-state index contributed by atoms with van der Waals surface area (Å²) in [5.41, 5.74) is 1.22. The molecule has 0 fully saturated rings. The molecule has 0 bridgehead atoms. The van der Waals surface area contributed by atoms with Gasteiger partial charge in [-0.3, -0.25) is 4.99 Å². The van der Waals surface area contributed by atoms with Crippen molar-refractivity contribution in [3.63, 3.8) is 0 Å². The van der Waals surface area contributed by atoms with Crippen molar-refractivity contribution in [1.29, 1.82) is 0 Å². The second-order valence-corrected chi connectivity index (χ2v) is 4.98. The number of hydrogen-bond donors (Lipinski definition) is 0. The van der Waals surface area contributed by atoms with Crippen LogP contribution in [0.2, 0.25) is 0 Å². The first-order valence-corrected chi connectivity index (χ1v) is 6.26. The van der Waals surface area contributed by atoms with E-state index in [9.17, 15) is 0 Å². The zero-order valence-electron chi connectivity index (χ0n) is 10.7. The standard InChI is InChI=1S/C13H21N3/c1-5-10-7-11-6-8(2)9(3)15-13(11)16-12(10)14-4/h8,10-11H,5-7H2,1-4H3/b14-12+. The van der Waals surface area contributed by atoms with E-state index in [0.717, 1.165) is 18.1 Å². The van der Waals surface area contributed by atoms with E-state index in [1.807, 2.05) is 7.05 Å². The number of hydrogen-bond acceptors (Lipinski definition) is 2. The van der Waals surface area contributed by atoms with Gasteiger partial charge in [0.2, 0.25) is 0 Å². The van der Waals surface area contributed by atoms with Gasteiger partial charge in [-0.1, -0.05) is 13.8 Å². The van der Waals surface area contributed by atoms with E-state index in [1.54, 1.807) is 0 Å². The lowest BCUT2D eigenvalue weighted by molar-refractivity contribution is 0.437. The van der Waals surface area contributed by atoms with Crippen molar-refractivity contribution < 1.29 is 0 Å². The number of aliphatic imine (C=N–C) groups is 3. The highest BCUT2D eigenvalue weighted by Gasteiger charge is 2.33. The van der Waals surface area contributed by atoms with Crippen LogP contribution in [0.5, 0.6) is 0 Å². The van der Waals surface area contributed by atoms with Gasteiger partial charge >= 0.3 is 0 Å². The Morgan fingerprint density at radius 2 is 2.06 bits per heavy atom. The molecule has 0 aromatic heterocycles. The number of amidine groups is 2. The average molecular weight is 219 g/mol. The van der Waals surface area contributed by atoms with Crippen LogP contribution in [-0.2, 0) is 0 Å². The fraction of sp³-hybridized carbons (Fsp3) is 0.769. The van der Waals surface area contributed by atoms with E-state index in [4.69, 9.17) is 0 Å². The topological polar surface area (TPSA) is 37.1 Å². The van der Waals surface area contributed by atoms with Crippen LogP contribution in [0.25, 0.3) is 0 Å². The van der Waals surface area contributed by atoms with Crippen LogP contribution in [0.1, 0.15) is 40.0 Å². The molecular formula is C13H21N3. The van der Waals surface area contributed by atoms with Crippen LogP contribution in [-0.4, -0.2) is 24.4 Å². The fourth-order valence-electron chi connectivity index (χ4n) is 2.64. The van der Waals surface area contributed by atoms with E-state index in [-0.39, 0.29) is 0 Å². The van der Waals surface area contributed by atoms with E-state index in [0.29, 0.717) is 17.8 Å². The quantitative estimate of drug-likeness (QED) is 0.650. The molecule has 3 heteroatoms. The molecule has 0 saturated heterocycles. The minimum atomic E-state index is 0.541. The van der Waals surface area contributed by atoms with Crippen LogP contribution in [0.3, 0.4) is 0 Å². The van der Waals surface area contributed by atoms with E-state index < -0.39 is 0 Å². The summed E-state index contributed by atoms with van der Waals surface area (Å²) in [4.78, 5) is 13.6. The fourth-order valence-corrected chi connectivity index (χ4v) is 2.64. The van der Waals surface area contributed by atoms with Crippen molar-refractivity contribution in [3.8, 4) is 0 Å². The smallest absolute Gasteiger partial charge is 0.133 e. The molecule has 0 amide bonds. The number of nitrogens with zero attached hydrogens (tertiary/aromatic N) is 3. The Labute approximate surface area is 97.8 Å². The predicted octanol–water partition coefficient (Wildman–Crippen LogP) is 2.96. The maximum Gasteiger partial charge on any atom is 0.133 e. The van der Waals surface area contributed by atoms with Crippen molar-refractivity contribution in [2.24, 2.45) is 32.7 Å². The van der Waals surface area contributed by atoms with Crippen LogP contribution in [0, 0.1) is 17.8 Å². The molecule has 0 radical (unpaired) electrons. The van der Waals surface area contributed by atoms with Crippen LogP contribution in [0.15, 0.2) is 15.0 Å². The van der Waals surface area contributed by atoms with Crippen molar-refractivity contribution in [2.45, 2.75) is 40.0 Å². The highest BCUT2D eigenvalue weighted by atomic mass is 15.0. The lowest BCUT2D eigenvalue weighted by atomic mass is 9.80. The first kappa shape index (κ1) is 11.5. The Bertz CT molecular complexity index is 365. The summed E-state index contributed by atoms with van der Waals surface area (Å²) in [6.45, 7) is 6.59. The molecule has 2 aliphatic rings. The molecule has 3 unspecified atom stereocenters. The van der Waals surface area contributed by atoms with Crippen molar-refractivity contribution in [2.75, 3.05) is 7.05 Å². The summed E-state index contributed by atoms with van der Waals surface area (Å²) in [7, 11) is 1.84. The minimum absolute atomic E-state index is 0.541. The summed E-state index contributed by atoms with van der Waals surface area (Å²) >= 11 is 0. The Kier molecular flexibility index (Phi) is 3.22. The highest BCUT2D eigenvalue weighted by Crippen LogP contribution is 2.33. The SMILES string of the molecule is CCC1CC2CC(C)C(C)=NC2=N/C1=N/C. The van der Waals surface area contributed by atoms with Gasteiger partial charge in [-0.05, 0) is 32.1 Å². The molecule has 88 valence electrons. The first-order valence-electron chi connectivity index (χ1n) is 6.26. The third kappa shape index (κ3) is 1.95. The first-order chi connectivity index (χ1) is 7.65. The molecular weight excluding hydrogens is 198 g/mol. The monoisotopic (exact) mass is 219 g/mol. The molecule has 0 aromatic rings.